The van der Waals surface area contributed by atoms with Crippen molar-refractivity contribution >= 4 is 5.96 Å². The lowest BCUT2D eigenvalue weighted by atomic mass is 9.87. The van der Waals surface area contributed by atoms with Gasteiger partial charge in [-0.3, -0.25) is 0 Å². The van der Waals surface area contributed by atoms with Crippen molar-refractivity contribution in [2.75, 3.05) is 33.4 Å². The third kappa shape index (κ3) is 7.04. The Morgan fingerprint density at radius 2 is 1.70 bits per heavy atom. The van der Waals surface area contributed by atoms with Crippen LogP contribution in [0.1, 0.15) is 24.5 Å². The third-order valence-electron chi connectivity index (χ3n) is 4.31. The SMILES string of the molecule is CCNC(=NCC(O)(Cc1ccccc1)c1ccccc1)NCCCOC. The number of benzene rings is 2. The molecule has 0 fully saturated rings. The number of methoxy groups -OCH3 is 1. The fourth-order valence-electron chi connectivity index (χ4n) is 2.91. The number of guanidine groups is 1. The highest BCUT2D eigenvalue weighted by molar-refractivity contribution is 5.79. The lowest BCUT2D eigenvalue weighted by Gasteiger charge is -2.28. The summed E-state index contributed by atoms with van der Waals surface area (Å²) in [6.45, 7) is 4.53. The molecule has 0 aliphatic carbocycles. The number of ether oxygens (including phenoxy) is 1. The third-order valence-corrected chi connectivity index (χ3v) is 4.31. The summed E-state index contributed by atoms with van der Waals surface area (Å²) in [6, 6.07) is 19.8. The minimum absolute atomic E-state index is 0.269. The highest BCUT2D eigenvalue weighted by Gasteiger charge is 2.29. The first-order valence-electron chi connectivity index (χ1n) is 9.51. The van der Waals surface area contributed by atoms with Gasteiger partial charge in [-0.15, -0.1) is 0 Å². The van der Waals surface area contributed by atoms with Gasteiger partial charge < -0.3 is 20.5 Å². The molecule has 2 aromatic carbocycles. The smallest absolute Gasteiger partial charge is 0.191 e. The molecule has 1 atom stereocenters. The van der Waals surface area contributed by atoms with Gasteiger partial charge in [0.05, 0.1) is 6.54 Å². The maximum atomic E-state index is 11.5. The molecule has 0 aromatic heterocycles. The number of nitrogens with zero attached hydrogens (tertiary/aromatic N) is 1. The zero-order chi connectivity index (χ0) is 19.4. The van der Waals surface area contributed by atoms with Gasteiger partial charge in [-0.05, 0) is 24.5 Å². The maximum Gasteiger partial charge on any atom is 0.191 e. The lowest BCUT2D eigenvalue weighted by molar-refractivity contribution is 0.0467. The molecule has 0 radical (unpaired) electrons. The van der Waals surface area contributed by atoms with Crippen molar-refractivity contribution < 1.29 is 9.84 Å². The van der Waals surface area contributed by atoms with Crippen molar-refractivity contribution in [3.63, 3.8) is 0 Å². The molecule has 27 heavy (non-hydrogen) atoms. The first kappa shape index (κ1) is 20.9. The van der Waals surface area contributed by atoms with Gasteiger partial charge in [0.15, 0.2) is 5.96 Å². The molecule has 0 spiro atoms. The number of rotatable bonds is 10. The summed E-state index contributed by atoms with van der Waals surface area (Å²) in [4.78, 5) is 4.66. The molecule has 3 N–H and O–H groups in total. The molecule has 5 nitrogen and oxygen atoms in total. The lowest BCUT2D eigenvalue weighted by Crippen LogP contribution is -2.40. The predicted molar refractivity (Wildman–Crippen MR) is 111 cm³/mol. The van der Waals surface area contributed by atoms with Crippen LogP contribution in [-0.2, 0) is 16.8 Å². The monoisotopic (exact) mass is 369 g/mol. The van der Waals surface area contributed by atoms with Gasteiger partial charge in [-0.25, -0.2) is 4.99 Å². The maximum absolute atomic E-state index is 11.5. The number of hydrogen-bond donors (Lipinski definition) is 3. The minimum Gasteiger partial charge on any atom is -0.385 e. The van der Waals surface area contributed by atoms with Crippen LogP contribution in [-0.4, -0.2) is 44.4 Å². The van der Waals surface area contributed by atoms with Crippen LogP contribution in [0.15, 0.2) is 65.7 Å². The van der Waals surface area contributed by atoms with Crippen molar-refractivity contribution in [3.05, 3.63) is 71.8 Å². The Hall–Kier alpha value is -2.37. The quantitative estimate of drug-likeness (QED) is 0.342. The molecule has 0 aliphatic heterocycles. The standard InChI is InChI=1S/C22H31N3O2/c1-3-23-21(24-15-10-16-27-2)25-18-22(26,20-13-8-5-9-14-20)17-19-11-6-4-7-12-19/h4-9,11-14,26H,3,10,15-18H2,1-2H3,(H2,23,24,25). The average Bonchev–Trinajstić information content (AvgIpc) is 2.71. The van der Waals surface area contributed by atoms with Crippen LogP contribution in [0.4, 0.5) is 0 Å². The summed E-state index contributed by atoms with van der Waals surface area (Å²) in [6.07, 6.45) is 1.40. The van der Waals surface area contributed by atoms with E-state index >= 15 is 0 Å². The Balaban J connectivity index is 2.16. The number of hydrogen-bond acceptors (Lipinski definition) is 3. The van der Waals surface area contributed by atoms with Gasteiger partial charge in [0.1, 0.15) is 5.60 Å². The van der Waals surface area contributed by atoms with E-state index in [1.807, 2.05) is 67.6 Å². The van der Waals surface area contributed by atoms with Gasteiger partial charge in [0.2, 0.25) is 0 Å². The predicted octanol–water partition coefficient (Wildman–Crippen LogP) is 2.71. The van der Waals surface area contributed by atoms with Crippen LogP contribution in [0, 0.1) is 0 Å². The number of aliphatic imine (C=N–C) groups is 1. The highest BCUT2D eigenvalue weighted by Crippen LogP contribution is 2.26. The van der Waals surface area contributed by atoms with Crippen molar-refractivity contribution in [1.82, 2.24) is 10.6 Å². The molecule has 0 saturated heterocycles. The zero-order valence-electron chi connectivity index (χ0n) is 16.3. The van der Waals surface area contributed by atoms with Crippen LogP contribution in [0.3, 0.4) is 0 Å². The van der Waals surface area contributed by atoms with Gasteiger partial charge >= 0.3 is 0 Å². The Kier molecular flexibility index (Phi) is 8.81. The fourth-order valence-corrected chi connectivity index (χ4v) is 2.91. The zero-order valence-corrected chi connectivity index (χ0v) is 16.3. The first-order chi connectivity index (χ1) is 13.2. The van der Waals surface area contributed by atoms with Gasteiger partial charge in [0.25, 0.3) is 0 Å². The van der Waals surface area contributed by atoms with Crippen LogP contribution in [0.5, 0.6) is 0 Å². The Bertz CT molecular complexity index is 676. The molecule has 2 rings (SSSR count). The molecular formula is C22H31N3O2. The van der Waals surface area contributed by atoms with Crippen LogP contribution in [0.25, 0.3) is 0 Å². The molecule has 0 amide bonds. The Morgan fingerprint density at radius 1 is 1.04 bits per heavy atom. The van der Waals surface area contributed by atoms with E-state index in [1.165, 1.54) is 0 Å². The molecule has 1 unspecified atom stereocenters. The summed E-state index contributed by atoms with van der Waals surface area (Å²) < 4.78 is 5.08. The second-order valence-electron chi connectivity index (χ2n) is 6.53. The molecule has 0 aliphatic rings. The molecule has 0 saturated carbocycles. The minimum atomic E-state index is -1.07. The summed E-state index contributed by atoms with van der Waals surface area (Å²) in [5.74, 6) is 0.705. The van der Waals surface area contributed by atoms with Crippen LogP contribution >= 0.6 is 0 Å². The average molecular weight is 370 g/mol. The summed E-state index contributed by atoms with van der Waals surface area (Å²) >= 11 is 0. The van der Waals surface area contributed by atoms with Crippen molar-refractivity contribution in [2.24, 2.45) is 4.99 Å². The normalized spacial score (nSPS) is 13.8. The summed E-state index contributed by atoms with van der Waals surface area (Å²) in [5.41, 5.74) is 0.877. The molecule has 2 aromatic rings. The van der Waals surface area contributed by atoms with Crippen molar-refractivity contribution in [1.29, 1.82) is 0 Å². The van der Waals surface area contributed by atoms with Gasteiger partial charge in [-0.2, -0.15) is 0 Å². The van der Waals surface area contributed by atoms with Gasteiger partial charge in [-0.1, -0.05) is 60.7 Å². The Labute approximate surface area is 162 Å². The van der Waals surface area contributed by atoms with E-state index in [1.54, 1.807) is 7.11 Å². The molecular weight excluding hydrogens is 338 g/mol. The fraction of sp³-hybridized carbons (Fsp3) is 0.409. The van der Waals surface area contributed by atoms with E-state index in [4.69, 9.17) is 4.74 Å². The molecule has 0 bridgehead atoms. The second kappa shape index (κ2) is 11.4. The molecule has 146 valence electrons. The van der Waals surface area contributed by atoms with E-state index in [0.717, 1.165) is 30.6 Å². The number of aliphatic hydroxyl groups is 1. The molecule has 5 heteroatoms. The van der Waals surface area contributed by atoms with Gasteiger partial charge in [0, 0.05) is 33.2 Å². The topological polar surface area (TPSA) is 65.9 Å². The van der Waals surface area contributed by atoms with E-state index in [2.05, 4.69) is 15.6 Å². The van der Waals surface area contributed by atoms with E-state index in [0.29, 0.717) is 19.0 Å². The van der Waals surface area contributed by atoms with Crippen molar-refractivity contribution in [3.8, 4) is 0 Å². The van der Waals surface area contributed by atoms with E-state index in [9.17, 15) is 5.11 Å². The van der Waals surface area contributed by atoms with Crippen molar-refractivity contribution in [2.45, 2.75) is 25.4 Å². The van der Waals surface area contributed by atoms with Crippen LogP contribution in [0.2, 0.25) is 0 Å². The first-order valence-corrected chi connectivity index (χ1v) is 9.51. The number of nitrogens with one attached hydrogen (secondary N) is 2. The summed E-state index contributed by atoms with van der Waals surface area (Å²) in [7, 11) is 1.70. The highest BCUT2D eigenvalue weighted by atomic mass is 16.5. The van der Waals surface area contributed by atoms with E-state index in [-0.39, 0.29) is 6.54 Å². The van der Waals surface area contributed by atoms with E-state index < -0.39 is 5.60 Å². The van der Waals surface area contributed by atoms with Crippen LogP contribution < -0.4 is 10.6 Å². The second-order valence-corrected chi connectivity index (χ2v) is 6.53. The molecule has 0 heterocycles. The largest absolute Gasteiger partial charge is 0.385 e. The summed E-state index contributed by atoms with van der Waals surface area (Å²) in [5, 5.41) is 18.0. The Morgan fingerprint density at radius 3 is 2.33 bits per heavy atom.